The molecule has 0 bridgehead atoms. The minimum absolute atomic E-state index is 0.0356. The highest BCUT2D eigenvalue weighted by molar-refractivity contribution is 7.73. The number of aromatic hydroxyl groups is 1. The zero-order valence-electron chi connectivity index (χ0n) is 13.1. The molecular weight excluding hydrogens is 344 g/mol. The summed E-state index contributed by atoms with van der Waals surface area (Å²) >= 11 is 6.65. The summed E-state index contributed by atoms with van der Waals surface area (Å²) in [5, 5.41) is 12.1. The van der Waals surface area contributed by atoms with E-state index >= 15 is 0 Å². The standard InChI is InChI=1S/C17H16N2O3S2/c1-9-4-2-6-11-12(15(20)18-13(9)11)14-16(21)19(17(23)24-14)8-10-5-3-7-22-10/h2,4,6,10,21H,3,5,7-8H2,1H3/t10-/m1/s1. The number of ether oxygens (including phenoxy) is 1. The quantitative estimate of drug-likeness (QED) is 0.849. The molecule has 0 saturated carbocycles. The largest absolute Gasteiger partial charge is 0.493 e. The average Bonchev–Trinajstić information content (AvgIpc) is 3.23. The Hall–Kier alpha value is -1.83. The molecule has 3 heterocycles. The molecule has 2 aliphatic rings. The van der Waals surface area contributed by atoms with Crippen LogP contribution in [0.3, 0.4) is 0 Å². The SMILES string of the molecule is Cc1cccc2c1=NC(=O)C=2c1sc(=S)n(C[C@H]2CCCO2)c1O. The summed E-state index contributed by atoms with van der Waals surface area (Å²) in [4.78, 5) is 17.1. The number of nitrogens with zero attached hydrogens (tertiary/aromatic N) is 2. The van der Waals surface area contributed by atoms with Crippen molar-refractivity contribution >= 4 is 35.0 Å². The molecule has 0 spiro atoms. The van der Waals surface area contributed by atoms with E-state index < -0.39 is 0 Å². The number of para-hydroxylation sites is 1. The molecule has 1 saturated heterocycles. The lowest BCUT2D eigenvalue weighted by molar-refractivity contribution is -0.112. The normalized spacial score (nSPS) is 19.6. The molecule has 1 aromatic heterocycles. The molecule has 0 unspecified atom stereocenters. The Kier molecular flexibility index (Phi) is 3.86. The fraction of sp³-hybridized carbons (Fsp3) is 0.353. The van der Waals surface area contributed by atoms with Gasteiger partial charge in [0.15, 0.2) is 3.95 Å². The molecule has 1 N–H and O–H groups in total. The van der Waals surface area contributed by atoms with E-state index in [9.17, 15) is 9.90 Å². The molecule has 1 fully saturated rings. The molecule has 4 rings (SSSR count). The van der Waals surface area contributed by atoms with E-state index in [-0.39, 0.29) is 17.9 Å². The van der Waals surface area contributed by atoms with Gasteiger partial charge in [-0.05, 0) is 37.5 Å². The minimum Gasteiger partial charge on any atom is -0.493 e. The smallest absolute Gasteiger partial charge is 0.279 e. The van der Waals surface area contributed by atoms with E-state index in [1.807, 2.05) is 25.1 Å². The van der Waals surface area contributed by atoms with Crippen molar-refractivity contribution in [1.82, 2.24) is 4.57 Å². The van der Waals surface area contributed by atoms with Crippen LogP contribution in [0.4, 0.5) is 0 Å². The third-order valence-electron chi connectivity index (χ3n) is 4.44. The number of carbonyl (C=O) groups is 1. The van der Waals surface area contributed by atoms with Crippen molar-refractivity contribution < 1.29 is 14.6 Å². The van der Waals surface area contributed by atoms with E-state index in [4.69, 9.17) is 17.0 Å². The van der Waals surface area contributed by atoms with Crippen molar-refractivity contribution in [1.29, 1.82) is 0 Å². The van der Waals surface area contributed by atoms with Crippen LogP contribution in [0.1, 0.15) is 23.3 Å². The van der Waals surface area contributed by atoms with Gasteiger partial charge in [0.05, 0.1) is 23.6 Å². The molecular formula is C17H16N2O3S2. The van der Waals surface area contributed by atoms with Crippen molar-refractivity contribution in [3.8, 4) is 5.88 Å². The number of carbonyl (C=O) groups excluding carboxylic acids is 1. The first-order valence-corrected chi connectivity index (χ1v) is 9.06. The van der Waals surface area contributed by atoms with Gasteiger partial charge in [-0.2, -0.15) is 0 Å². The summed E-state index contributed by atoms with van der Waals surface area (Å²) in [7, 11) is 0. The van der Waals surface area contributed by atoms with Gasteiger partial charge in [-0.3, -0.25) is 9.36 Å². The third kappa shape index (κ3) is 2.44. The second-order valence-electron chi connectivity index (χ2n) is 6.03. The fourth-order valence-electron chi connectivity index (χ4n) is 3.21. The Labute approximate surface area is 147 Å². The van der Waals surface area contributed by atoms with Crippen molar-refractivity contribution in [2.75, 3.05) is 6.61 Å². The van der Waals surface area contributed by atoms with Crippen molar-refractivity contribution in [3.05, 3.63) is 43.2 Å². The number of hydrogen-bond acceptors (Lipinski definition) is 5. The molecule has 1 atom stereocenters. The highest BCUT2D eigenvalue weighted by Gasteiger charge is 2.27. The average molecular weight is 360 g/mol. The van der Waals surface area contributed by atoms with Gasteiger partial charge in [0, 0.05) is 11.8 Å². The third-order valence-corrected chi connectivity index (χ3v) is 5.90. The maximum Gasteiger partial charge on any atom is 0.279 e. The number of thiazole rings is 1. The molecule has 124 valence electrons. The minimum atomic E-state index is -0.324. The Morgan fingerprint density at radius 1 is 1.50 bits per heavy atom. The first-order chi connectivity index (χ1) is 11.6. The van der Waals surface area contributed by atoms with E-state index in [2.05, 4.69) is 4.99 Å². The van der Waals surface area contributed by atoms with E-state index in [1.165, 1.54) is 11.3 Å². The molecule has 7 heteroatoms. The molecule has 0 aliphatic carbocycles. The van der Waals surface area contributed by atoms with Crippen LogP contribution in [0.5, 0.6) is 5.88 Å². The first kappa shape index (κ1) is 15.7. The van der Waals surface area contributed by atoms with Gasteiger partial charge in [0.1, 0.15) is 4.88 Å². The number of fused-ring (bicyclic) bond motifs is 1. The lowest BCUT2D eigenvalue weighted by atomic mass is 10.1. The van der Waals surface area contributed by atoms with Crippen LogP contribution >= 0.6 is 23.6 Å². The first-order valence-electron chi connectivity index (χ1n) is 7.84. The van der Waals surface area contributed by atoms with Gasteiger partial charge in [-0.15, -0.1) is 11.3 Å². The fourth-order valence-corrected chi connectivity index (χ4v) is 4.57. The summed E-state index contributed by atoms with van der Waals surface area (Å²) in [5.41, 5.74) is 1.38. The molecule has 24 heavy (non-hydrogen) atoms. The van der Waals surface area contributed by atoms with Crippen LogP contribution in [0.15, 0.2) is 23.2 Å². The van der Waals surface area contributed by atoms with Crippen molar-refractivity contribution in [2.24, 2.45) is 4.99 Å². The van der Waals surface area contributed by atoms with Gasteiger partial charge in [0.2, 0.25) is 5.88 Å². The van der Waals surface area contributed by atoms with Gasteiger partial charge in [-0.1, -0.05) is 18.2 Å². The van der Waals surface area contributed by atoms with Gasteiger partial charge in [-0.25, -0.2) is 4.99 Å². The van der Waals surface area contributed by atoms with E-state index in [1.54, 1.807) is 4.57 Å². The van der Waals surface area contributed by atoms with E-state index in [0.29, 0.717) is 26.3 Å². The predicted octanol–water partition coefficient (Wildman–Crippen LogP) is 1.83. The van der Waals surface area contributed by atoms with Crippen LogP contribution in [-0.4, -0.2) is 28.3 Å². The maximum absolute atomic E-state index is 12.4. The summed E-state index contributed by atoms with van der Waals surface area (Å²) < 4.78 is 7.84. The monoisotopic (exact) mass is 360 g/mol. The van der Waals surface area contributed by atoms with Crippen LogP contribution in [0, 0.1) is 10.9 Å². The second kappa shape index (κ2) is 5.91. The van der Waals surface area contributed by atoms with Gasteiger partial charge in [0.25, 0.3) is 5.91 Å². The number of aromatic nitrogens is 1. The number of aryl methyl sites for hydroxylation is 1. The molecule has 1 aromatic carbocycles. The highest BCUT2D eigenvalue weighted by atomic mass is 32.1. The zero-order valence-corrected chi connectivity index (χ0v) is 14.7. The summed E-state index contributed by atoms with van der Waals surface area (Å²) in [6, 6.07) is 5.67. The maximum atomic E-state index is 12.4. The molecule has 2 aromatic rings. The van der Waals surface area contributed by atoms with Crippen LogP contribution in [-0.2, 0) is 16.1 Å². The lowest BCUT2D eigenvalue weighted by Gasteiger charge is -2.11. The summed E-state index contributed by atoms with van der Waals surface area (Å²) in [6.07, 6.45) is 2.05. The Bertz CT molecular complexity index is 1010. The predicted molar refractivity (Wildman–Crippen MR) is 93.3 cm³/mol. The Balaban J connectivity index is 1.86. The highest BCUT2D eigenvalue weighted by Crippen LogP contribution is 2.33. The Morgan fingerprint density at radius 3 is 3.08 bits per heavy atom. The molecule has 2 aliphatic heterocycles. The summed E-state index contributed by atoms with van der Waals surface area (Å²) in [5.74, 6) is -0.288. The van der Waals surface area contributed by atoms with Crippen LogP contribution in [0.2, 0.25) is 0 Å². The second-order valence-corrected chi connectivity index (χ2v) is 7.67. The molecule has 1 amide bonds. The number of benzene rings is 1. The number of rotatable bonds is 3. The lowest BCUT2D eigenvalue weighted by Crippen LogP contribution is -2.25. The van der Waals surface area contributed by atoms with Gasteiger partial charge >= 0.3 is 0 Å². The van der Waals surface area contributed by atoms with Crippen LogP contribution in [0.25, 0.3) is 5.57 Å². The van der Waals surface area contributed by atoms with Crippen molar-refractivity contribution in [3.63, 3.8) is 0 Å². The van der Waals surface area contributed by atoms with Crippen LogP contribution < -0.4 is 10.6 Å². The molecule has 5 nitrogen and oxygen atoms in total. The molecule has 0 radical (unpaired) electrons. The van der Waals surface area contributed by atoms with Crippen molar-refractivity contribution in [2.45, 2.75) is 32.4 Å². The Morgan fingerprint density at radius 2 is 2.33 bits per heavy atom. The summed E-state index contributed by atoms with van der Waals surface area (Å²) in [6.45, 7) is 3.18. The number of hydrogen-bond donors (Lipinski definition) is 1. The topological polar surface area (TPSA) is 63.8 Å². The van der Waals surface area contributed by atoms with Gasteiger partial charge < -0.3 is 9.84 Å². The zero-order chi connectivity index (χ0) is 16.8. The number of amides is 1. The van der Waals surface area contributed by atoms with E-state index in [0.717, 1.165) is 30.2 Å².